The van der Waals surface area contributed by atoms with Gasteiger partial charge in [0.15, 0.2) is 0 Å². The molecule has 0 amide bonds. The molecule has 7 heteroatoms. The number of nitrogens with two attached hydrogens (primary N) is 1. The molecule has 1 aromatic carbocycles. The van der Waals surface area contributed by atoms with Gasteiger partial charge in [0.2, 0.25) is 10.0 Å². The van der Waals surface area contributed by atoms with Crippen molar-refractivity contribution in [3.63, 3.8) is 0 Å². The fourth-order valence-electron chi connectivity index (χ4n) is 2.09. The van der Waals surface area contributed by atoms with E-state index in [1.54, 1.807) is 24.7 Å². The van der Waals surface area contributed by atoms with Crippen LogP contribution in [0.4, 0.5) is 5.69 Å². The second-order valence-corrected chi connectivity index (χ2v) is 6.82. The third kappa shape index (κ3) is 3.62. The molecular formula is C14H20N4O2S. The molecule has 1 heterocycles. The van der Waals surface area contributed by atoms with Gasteiger partial charge in [0, 0.05) is 17.9 Å². The number of rotatable bonds is 5. The van der Waals surface area contributed by atoms with Crippen molar-refractivity contribution in [3.8, 4) is 0 Å². The number of sulfonamides is 1. The van der Waals surface area contributed by atoms with Gasteiger partial charge in [-0.1, -0.05) is 6.07 Å². The first kappa shape index (κ1) is 15.5. The van der Waals surface area contributed by atoms with Gasteiger partial charge >= 0.3 is 0 Å². The Kier molecular flexibility index (Phi) is 4.34. The van der Waals surface area contributed by atoms with Crippen LogP contribution in [0.3, 0.4) is 0 Å². The maximum Gasteiger partial charge on any atom is 0.238 e. The van der Waals surface area contributed by atoms with Crippen LogP contribution in [0.25, 0.3) is 0 Å². The van der Waals surface area contributed by atoms with Gasteiger partial charge in [-0.3, -0.25) is 0 Å². The monoisotopic (exact) mass is 308 g/mol. The van der Waals surface area contributed by atoms with E-state index < -0.39 is 10.0 Å². The molecule has 0 bridgehead atoms. The molecule has 114 valence electrons. The number of primary sulfonamides is 1. The van der Waals surface area contributed by atoms with Gasteiger partial charge < -0.3 is 9.88 Å². The lowest BCUT2D eigenvalue weighted by molar-refractivity contribution is 0.577. The van der Waals surface area contributed by atoms with Crippen LogP contribution in [0.15, 0.2) is 35.6 Å². The van der Waals surface area contributed by atoms with Crippen molar-refractivity contribution in [1.29, 1.82) is 0 Å². The second-order valence-electron chi connectivity index (χ2n) is 5.26. The molecule has 0 spiro atoms. The molecule has 0 aliphatic rings. The molecule has 0 atom stereocenters. The number of hydrogen-bond donors (Lipinski definition) is 2. The Morgan fingerprint density at radius 2 is 2.10 bits per heavy atom. The number of nitrogens with zero attached hydrogens (tertiary/aromatic N) is 2. The van der Waals surface area contributed by atoms with E-state index >= 15 is 0 Å². The largest absolute Gasteiger partial charge is 0.379 e. The van der Waals surface area contributed by atoms with E-state index in [4.69, 9.17) is 5.14 Å². The maximum atomic E-state index is 11.4. The highest BCUT2D eigenvalue weighted by Gasteiger charge is 2.11. The Labute approximate surface area is 125 Å². The Balaban J connectivity index is 2.22. The summed E-state index contributed by atoms with van der Waals surface area (Å²) in [7, 11) is -3.69. The zero-order valence-electron chi connectivity index (χ0n) is 12.4. The summed E-state index contributed by atoms with van der Waals surface area (Å²) in [5.41, 5.74) is 2.74. The van der Waals surface area contributed by atoms with Crippen molar-refractivity contribution >= 4 is 15.7 Å². The third-order valence-electron chi connectivity index (χ3n) is 3.30. The van der Waals surface area contributed by atoms with Crippen LogP contribution in [0.2, 0.25) is 0 Å². The van der Waals surface area contributed by atoms with Crippen molar-refractivity contribution in [3.05, 3.63) is 42.0 Å². The number of hydrogen-bond acceptors (Lipinski definition) is 4. The molecular weight excluding hydrogens is 288 g/mol. The van der Waals surface area contributed by atoms with Crippen LogP contribution < -0.4 is 10.5 Å². The molecule has 0 unspecified atom stereocenters. The molecule has 0 aliphatic carbocycles. The molecule has 0 fully saturated rings. The van der Waals surface area contributed by atoms with Gasteiger partial charge in [0.05, 0.1) is 23.5 Å². The van der Waals surface area contributed by atoms with Crippen molar-refractivity contribution < 1.29 is 8.42 Å². The predicted molar refractivity (Wildman–Crippen MR) is 82.5 cm³/mol. The SMILES string of the molecule is Cc1ccc(S(N)(=O)=O)cc1NCc1cncn1C(C)C. The van der Waals surface area contributed by atoms with Crippen LogP contribution in [0.1, 0.15) is 31.1 Å². The van der Waals surface area contributed by atoms with Crippen LogP contribution in [0, 0.1) is 6.92 Å². The summed E-state index contributed by atoms with van der Waals surface area (Å²) in [5.74, 6) is 0. The van der Waals surface area contributed by atoms with E-state index in [1.807, 2.05) is 6.92 Å². The molecule has 21 heavy (non-hydrogen) atoms. The zero-order chi connectivity index (χ0) is 15.6. The summed E-state index contributed by atoms with van der Waals surface area (Å²) >= 11 is 0. The fourth-order valence-corrected chi connectivity index (χ4v) is 2.63. The van der Waals surface area contributed by atoms with Crippen LogP contribution in [-0.2, 0) is 16.6 Å². The summed E-state index contributed by atoms with van der Waals surface area (Å²) in [5, 5.41) is 8.40. The molecule has 2 aromatic rings. The first-order valence-electron chi connectivity index (χ1n) is 6.67. The van der Waals surface area contributed by atoms with Gasteiger partial charge in [0.25, 0.3) is 0 Å². The Morgan fingerprint density at radius 1 is 1.38 bits per heavy atom. The van der Waals surface area contributed by atoms with Crippen LogP contribution in [-0.4, -0.2) is 18.0 Å². The summed E-state index contributed by atoms with van der Waals surface area (Å²) in [6.07, 6.45) is 3.58. The van der Waals surface area contributed by atoms with Crippen LogP contribution >= 0.6 is 0 Å². The van der Waals surface area contributed by atoms with Crippen molar-refractivity contribution in [1.82, 2.24) is 9.55 Å². The van der Waals surface area contributed by atoms with E-state index in [0.717, 1.165) is 16.9 Å². The highest BCUT2D eigenvalue weighted by Crippen LogP contribution is 2.20. The standard InChI is InChI=1S/C14H20N4O2S/c1-10(2)18-9-16-7-12(18)8-17-14-6-13(21(15,19)20)5-4-11(14)3/h4-7,9-10,17H,8H2,1-3H3,(H2,15,19,20). The van der Waals surface area contributed by atoms with Gasteiger partial charge in [-0.2, -0.15) is 0 Å². The molecule has 0 saturated carbocycles. The number of aryl methyl sites for hydroxylation is 1. The molecule has 0 saturated heterocycles. The average Bonchev–Trinajstić information content (AvgIpc) is 2.85. The summed E-state index contributed by atoms with van der Waals surface area (Å²) in [6.45, 7) is 6.64. The van der Waals surface area contributed by atoms with Crippen molar-refractivity contribution in [2.75, 3.05) is 5.32 Å². The minimum Gasteiger partial charge on any atom is -0.379 e. The minimum absolute atomic E-state index is 0.105. The average molecular weight is 308 g/mol. The first-order valence-corrected chi connectivity index (χ1v) is 8.21. The summed E-state index contributed by atoms with van der Waals surface area (Å²) in [4.78, 5) is 4.25. The fraction of sp³-hybridized carbons (Fsp3) is 0.357. The minimum atomic E-state index is -3.69. The molecule has 0 radical (unpaired) electrons. The van der Waals surface area contributed by atoms with Crippen molar-refractivity contribution in [2.24, 2.45) is 5.14 Å². The lowest BCUT2D eigenvalue weighted by Gasteiger charge is -2.14. The lowest BCUT2D eigenvalue weighted by Crippen LogP contribution is -2.13. The Morgan fingerprint density at radius 3 is 2.71 bits per heavy atom. The maximum absolute atomic E-state index is 11.4. The van der Waals surface area contributed by atoms with Gasteiger partial charge in [0.1, 0.15) is 0 Å². The number of aromatic nitrogens is 2. The van der Waals surface area contributed by atoms with Crippen molar-refractivity contribution in [2.45, 2.75) is 38.3 Å². The van der Waals surface area contributed by atoms with Gasteiger partial charge in [-0.25, -0.2) is 18.5 Å². The molecule has 0 aliphatic heterocycles. The number of imidazole rings is 1. The van der Waals surface area contributed by atoms with E-state index in [1.165, 1.54) is 6.07 Å². The predicted octanol–water partition coefficient (Wildman–Crippen LogP) is 2.03. The molecule has 1 aromatic heterocycles. The molecule has 6 nitrogen and oxygen atoms in total. The van der Waals surface area contributed by atoms with Gasteiger partial charge in [-0.15, -0.1) is 0 Å². The molecule has 3 N–H and O–H groups in total. The van der Waals surface area contributed by atoms with Crippen LogP contribution in [0.5, 0.6) is 0 Å². The second kappa shape index (κ2) is 5.87. The van der Waals surface area contributed by atoms with E-state index in [2.05, 4.69) is 28.7 Å². The summed E-state index contributed by atoms with van der Waals surface area (Å²) < 4.78 is 24.9. The lowest BCUT2D eigenvalue weighted by atomic mass is 10.2. The van der Waals surface area contributed by atoms with E-state index in [9.17, 15) is 8.42 Å². The summed E-state index contributed by atoms with van der Waals surface area (Å²) in [6, 6.07) is 5.12. The Hall–Kier alpha value is -1.86. The van der Waals surface area contributed by atoms with E-state index in [0.29, 0.717) is 12.6 Å². The van der Waals surface area contributed by atoms with Gasteiger partial charge in [-0.05, 0) is 38.5 Å². The smallest absolute Gasteiger partial charge is 0.238 e. The zero-order valence-corrected chi connectivity index (χ0v) is 13.2. The quantitative estimate of drug-likeness (QED) is 0.884. The Bertz CT molecular complexity index is 735. The number of nitrogens with one attached hydrogen (secondary N) is 1. The number of anilines is 1. The normalized spacial score (nSPS) is 11.9. The van der Waals surface area contributed by atoms with E-state index in [-0.39, 0.29) is 4.90 Å². The topological polar surface area (TPSA) is 90.0 Å². The highest BCUT2D eigenvalue weighted by molar-refractivity contribution is 7.89. The first-order chi connectivity index (χ1) is 9.79. The third-order valence-corrected chi connectivity index (χ3v) is 4.21. The molecule has 2 rings (SSSR count). The number of benzene rings is 1. The highest BCUT2D eigenvalue weighted by atomic mass is 32.2.